The van der Waals surface area contributed by atoms with Gasteiger partial charge in [-0.1, -0.05) is 0 Å². The van der Waals surface area contributed by atoms with E-state index in [-0.39, 0.29) is 29.4 Å². The van der Waals surface area contributed by atoms with E-state index in [1.165, 1.54) is 38.7 Å². The lowest BCUT2D eigenvalue weighted by Crippen LogP contribution is -2.41. The highest BCUT2D eigenvalue weighted by Gasteiger charge is 2.17. The largest absolute Gasteiger partial charge is 0.494 e. The molecular weight excluding hydrogens is 475 g/mol. The number of methoxy groups -OCH3 is 1. The minimum absolute atomic E-state index is 0.0329. The second-order valence-electron chi connectivity index (χ2n) is 8.90. The van der Waals surface area contributed by atoms with Gasteiger partial charge in [-0.2, -0.15) is 0 Å². The van der Waals surface area contributed by atoms with Crippen LogP contribution in [0.25, 0.3) is 0 Å². The first-order valence-corrected chi connectivity index (χ1v) is 11.9. The molecule has 3 N–H and O–H groups in total. The highest BCUT2D eigenvalue weighted by molar-refractivity contribution is 5.94. The van der Waals surface area contributed by atoms with Gasteiger partial charge >= 0.3 is 0 Å². The maximum atomic E-state index is 14.7. The second-order valence-corrected chi connectivity index (χ2v) is 8.90. The third kappa shape index (κ3) is 6.08. The number of allylic oxidation sites excluding steroid dienone is 1. The Kier molecular flexibility index (Phi) is 7.76. The number of anilines is 3. The Labute approximate surface area is 215 Å². The highest BCUT2D eigenvalue weighted by atomic mass is 19.1. The van der Waals surface area contributed by atoms with Gasteiger partial charge in [0.15, 0.2) is 17.3 Å². The van der Waals surface area contributed by atoms with Gasteiger partial charge in [0.05, 0.1) is 19.5 Å². The van der Waals surface area contributed by atoms with Gasteiger partial charge in [-0.05, 0) is 56.7 Å². The topological polar surface area (TPSA) is 101 Å². The molecule has 0 radical (unpaired) electrons. The number of hydrogen-bond acceptors (Lipinski definition) is 8. The molecule has 0 unspecified atom stereocenters. The molecule has 1 atom stereocenters. The number of rotatable bonds is 8. The maximum Gasteiger partial charge on any atom is 0.251 e. The van der Waals surface area contributed by atoms with Crippen molar-refractivity contribution in [1.82, 2.24) is 20.6 Å². The zero-order valence-corrected chi connectivity index (χ0v) is 21.6. The van der Waals surface area contributed by atoms with Gasteiger partial charge in [0.25, 0.3) is 5.91 Å². The van der Waals surface area contributed by atoms with Crippen LogP contribution >= 0.6 is 0 Å². The van der Waals surface area contributed by atoms with Crippen LogP contribution in [0, 0.1) is 12.7 Å². The van der Waals surface area contributed by atoms with Crippen LogP contribution in [0.3, 0.4) is 0 Å². The van der Waals surface area contributed by atoms with Crippen LogP contribution in [-0.2, 0) is 6.61 Å². The van der Waals surface area contributed by atoms with Gasteiger partial charge in [0, 0.05) is 54.0 Å². The number of carbonyl (C=O) groups excluding carboxylic acids is 1. The van der Waals surface area contributed by atoms with Crippen LogP contribution in [0.4, 0.5) is 21.7 Å². The minimum Gasteiger partial charge on any atom is -0.494 e. The van der Waals surface area contributed by atoms with Gasteiger partial charge in [-0.3, -0.25) is 4.79 Å². The Hall–Kier alpha value is -4.34. The summed E-state index contributed by atoms with van der Waals surface area (Å²) >= 11 is 0. The zero-order valence-electron chi connectivity index (χ0n) is 21.6. The fourth-order valence-corrected chi connectivity index (χ4v) is 4.21. The van der Waals surface area contributed by atoms with Crippen LogP contribution in [0.15, 0.2) is 54.6 Å². The molecule has 3 aromatic rings. The van der Waals surface area contributed by atoms with Crippen molar-refractivity contribution in [3.63, 3.8) is 0 Å². The summed E-state index contributed by atoms with van der Waals surface area (Å²) in [5.41, 5.74) is 4.72. The van der Waals surface area contributed by atoms with Crippen LogP contribution in [0.1, 0.15) is 35.3 Å². The van der Waals surface area contributed by atoms with Crippen LogP contribution in [-0.4, -0.2) is 42.6 Å². The van der Waals surface area contributed by atoms with Crippen molar-refractivity contribution in [2.45, 2.75) is 33.4 Å². The molecule has 0 saturated carbocycles. The van der Waals surface area contributed by atoms with Crippen molar-refractivity contribution in [2.75, 3.05) is 30.9 Å². The third-order valence-corrected chi connectivity index (χ3v) is 5.90. The molecule has 0 spiro atoms. The molecule has 10 heteroatoms. The fourth-order valence-electron chi connectivity index (χ4n) is 4.21. The number of aryl methyl sites for hydroxylation is 1. The predicted molar refractivity (Wildman–Crippen MR) is 141 cm³/mol. The molecule has 9 nitrogen and oxygen atoms in total. The quantitative estimate of drug-likeness (QED) is 0.416. The summed E-state index contributed by atoms with van der Waals surface area (Å²) in [6.07, 6.45) is 5.13. The summed E-state index contributed by atoms with van der Waals surface area (Å²) in [7, 11) is 2.84. The van der Waals surface area contributed by atoms with Crippen molar-refractivity contribution in [2.24, 2.45) is 0 Å². The molecule has 0 bridgehead atoms. The molecular formula is C27H31FN6O3. The van der Waals surface area contributed by atoms with Crippen molar-refractivity contribution < 1.29 is 18.7 Å². The fraction of sp³-hybridized carbons (Fsp3) is 0.296. The average Bonchev–Trinajstić information content (AvgIpc) is 2.88. The molecule has 0 fully saturated rings. The Morgan fingerprint density at radius 1 is 1.22 bits per heavy atom. The molecule has 0 saturated heterocycles. The van der Waals surface area contributed by atoms with Crippen LogP contribution in [0.2, 0.25) is 0 Å². The first kappa shape index (κ1) is 25.7. The van der Waals surface area contributed by atoms with E-state index >= 15 is 0 Å². The number of ether oxygens (including phenoxy) is 2. The second kappa shape index (κ2) is 11.2. The molecule has 2 heterocycles. The molecule has 1 amide bonds. The van der Waals surface area contributed by atoms with Crippen molar-refractivity contribution in [1.29, 1.82) is 0 Å². The average molecular weight is 507 g/mol. The summed E-state index contributed by atoms with van der Waals surface area (Å²) in [6, 6.07) is 9.26. The third-order valence-electron chi connectivity index (χ3n) is 5.90. The smallest absolute Gasteiger partial charge is 0.251 e. The van der Waals surface area contributed by atoms with E-state index in [9.17, 15) is 9.18 Å². The number of carbonyl (C=O) groups is 1. The van der Waals surface area contributed by atoms with E-state index in [4.69, 9.17) is 9.47 Å². The minimum atomic E-state index is -0.589. The van der Waals surface area contributed by atoms with E-state index in [2.05, 4.69) is 69.9 Å². The molecule has 2 aromatic carbocycles. The number of amides is 1. The van der Waals surface area contributed by atoms with Gasteiger partial charge in [-0.25, -0.2) is 14.4 Å². The van der Waals surface area contributed by atoms with Gasteiger partial charge in [-0.15, -0.1) is 0 Å². The number of aromatic nitrogens is 2. The monoisotopic (exact) mass is 506 g/mol. The Morgan fingerprint density at radius 3 is 2.62 bits per heavy atom. The number of nitrogens with zero attached hydrogens (tertiary/aromatic N) is 3. The Balaban J connectivity index is 1.41. The molecule has 37 heavy (non-hydrogen) atoms. The number of hydrogen-bond donors (Lipinski definition) is 3. The van der Waals surface area contributed by atoms with E-state index in [1.807, 2.05) is 6.07 Å². The Morgan fingerprint density at radius 2 is 1.97 bits per heavy atom. The normalized spacial score (nSPS) is 14.9. The van der Waals surface area contributed by atoms with E-state index in [0.29, 0.717) is 17.7 Å². The van der Waals surface area contributed by atoms with Crippen molar-refractivity contribution >= 4 is 23.2 Å². The van der Waals surface area contributed by atoms with Crippen molar-refractivity contribution in [3.8, 4) is 11.5 Å². The standard InChI is InChI=1S/C27H31FN6O3/c1-16-8-21(6-7-23(16)34-13-17(2)32-18(3)14-34)33-27-30-11-22(12-31-27)37-15-20-9-19(26(35)29-4)10-24(36-5)25(20)28/h6-13,18,32H,14-15H2,1-5H3,(H,29,35)(H,30,31,33)/t18-/m0/s1. The lowest BCUT2D eigenvalue weighted by atomic mass is 10.1. The first-order valence-electron chi connectivity index (χ1n) is 11.9. The number of benzene rings is 2. The summed E-state index contributed by atoms with van der Waals surface area (Å²) < 4.78 is 25.4. The van der Waals surface area contributed by atoms with E-state index in [1.54, 1.807) is 0 Å². The lowest BCUT2D eigenvalue weighted by Gasteiger charge is -2.32. The molecule has 194 valence electrons. The van der Waals surface area contributed by atoms with E-state index in [0.717, 1.165) is 29.2 Å². The SMILES string of the molecule is CNC(=O)c1cc(COc2cnc(Nc3ccc(N4C=C(C)N[C@@H](C)C4)c(C)c3)nc2)c(F)c(OC)c1. The first-order chi connectivity index (χ1) is 17.8. The highest BCUT2D eigenvalue weighted by Crippen LogP contribution is 2.28. The van der Waals surface area contributed by atoms with Crippen molar-refractivity contribution in [3.05, 3.63) is 77.1 Å². The molecule has 1 aliphatic rings. The molecule has 0 aliphatic carbocycles. The van der Waals surface area contributed by atoms with Gasteiger partial charge in [0.1, 0.15) is 6.61 Å². The van der Waals surface area contributed by atoms with Gasteiger partial charge in [0.2, 0.25) is 5.95 Å². The number of halogens is 1. The van der Waals surface area contributed by atoms with Crippen LogP contribution in [0.5, 0.6) is 11.5 Å². The van der Waals surface area contributed by atoms with Crippen LogP contribution < -0.4 is 30.3 Å². The van der Waals surface area contributed by atoms with E-state index < -0.39 is 5.82 Å². The Bertz CT molecular complexity index is 1310. The maximum absolute atomic E-state index is 14.7. The summed E-state index contributed by atoms with van der Waals surface area (Å²) in [5, 5.41) is 9.14. The summed E-state index contributed by atoms with van der Waals surface area (Å²) in [4.78, 5) is 22.9. The zero-order chi connectivity index (χ0) is 26.5. The lowest BCUT2D eigenvalue weighted by molar-refractivity contribution is 0.0962. The molecule has 1 aliphatic heterocycles. The molecule has 1 aromatic heterocycles. The number of nitrogens with one attached hydrogen (secondary N) is 3. The summed E-state index contributed by atoms with van der Waals surface area (Å²) in [5.74, 6) is -0.213. The summed E-state index contributed by atoms with van der Waals surface area (Å²) in [6.45, 7) is 7.06. The molecule has 4 rings (SSSR count). The predicted octanol–water partition coefficient (Wildman–Crippen LogP) is 4.27. The van der Waals surface area contributed by atoms with Gasteiger partial charge < -0.3 is 30.3 Å².